The van der Waals surface area contributed by atoms with Crippen LogP contribution in [-0.2, 0) is 6.54 Å². The van der Waals surface area contributed by atoms with Gasteiger partial charge >= 0.3 is 0 Å². The minimum absolute atomic E-state index is 0.755. The Labute approximate surface area is 98.8 Å². The van der Waals surface area contributed by atoms with Gasteiger partial charge in [0, 0.05) is 36.2 Å². The van der Waals surface area contributed by atoms with E-state index in [9.17, 15) is 0 Å². The number of hydrogen-bond donors (Lipinski definition) is 1. The van der Waals surface area contributed by atoms with Gasteiger partial charge in [0.25, 0.3) is 0 Å². The summed E-state index contributed by atoms with van der Waals surface area (Å²) in [5, 5.41) is 3.53. The maximum absolute atomic E-state index is 3.53. The lowest BCUT2D eigenvalue weighted by Gasteiger charge is -2.27. The van der Waals surface area contributed by atoms with Gasteiger partial charge in [-0.25, -0.2) is 0 Å². The molecule has 1 aromatic rings. The number of rotatable bonds is 2. The molecule has 0 aromatic heterocycles. The van der Waals surface area contributed by atoms with Gasteiger partial charge in [0.15, 0.2) is 0 Å². The zero-order chi connectivity index (χ0) is 10.3. The van der Waals surface area contributed by atoms with E-state index >= 15 is 0 Å². The summed E-state index contributed by atoms with van der Waals surface area (Å²) in [5.74, 6) is 0. The average Bonchev–Trinajstić information content (AvgIpc) is 2.83. The number of likely N-dealkylation sites (tertiary alicyclic amines) is 1. The Bertz CT molecular complexity index is 349. The molecule has 2 heterocycles. The first-order chi connectivity index (χ1) is 7.31. The summed E-state index contributed by atoms with van der Waals surface area (Å²) >= 11 is 3.47. The van der Waals surface area contributed by atoms with Gasteiger partial charge in [0.1, 0.15) is 0 Å². The summed E-state index contributed by atoms with van der Waals surface area (Å²) < 4.78 is 1.16. The van der Waals surface area contributed by atoms with Crippen molar-refractivity contribution in [1.29, 1.82) is 0 Å². The van der Waals surface area contributed by atoms with Crippen LogP contribution in [0.5, 0.6) is 0 Å². The predicted octanol–water partition coefficient (Wildman–Crippen LogP) is 2.00. The molecule has 2 aliphatic heterocycles. The lowest BCUT2D eigenvalue weighted by atomic mass is 10.2. The van der Waals surface area contributed by atoms with E-state index in [0.29, 0.717) is 0 Å². The average molecular weight is 267 g/mol. The monoisotopic (exact) mass is 266 g/mol. The Morgan fingerprint density at radius 1 is 1.33 bits per heavy atom. The molecule has 0 aliphatic carbocycles. The molecule has 15 heavy (non-hydrogen) atoms. The van der Waals surface area contributed by atoms with Crippen LogP contribution in [0.3, 0.4) is 0 Å². The van der Waals surface area contributed by atoms with Gasteiger partial charge in [0.2, 0.25) is 0 Å². The normalized spacial score (nSPS) is 29.9. The van der Waals surface area contributed by atoms with Gasteiger partial charge in [-0.1, -0.05) is 28.1 Å². The third-order valence-electron chi connectivity index (χ3n) is 3.47. The molecular formula is C12H15BrN2. The zero-order valence-electron chi connectivity index (χ0n) is 8.62. The number of nitrogens with one attached hydrogen (secondary N) is 1. The standard InChI is InChI=1S/C12H15BrN2/c13-10-3-1-9(2-4-10)7-15-8-11-5-12(15)6-14-11/h1-4,11-12,14H,5-8H2/t11-,12-/m1/s1. The topological polar surface area (TPSA) is 15.3 Å². The third-order valence-corrected chi connectivity index (χ3v) is 4.00. The minimum atomic E-state index is 0.755. The third kappa shape index (κ3) is 1.96. The van der Waals surface area contributed by atoms with E-state index < -0.39 is 0 Å². The molecule has 3 heteroatoms. The van der Waals surface area contributed by atoms with E-state index in [1.807, 2.05) is 0 Å². The molecule has 2 saturated heterocycles. The van der Waals surface area contributed by atoms with Crippen molar-refractivity contribution >= 4 is 15.9 Å². The van der Waals surface area contributed by atoms with Crippen LogP contribution >= 0.6 is 15.9 Å². The second-order valence-electron chi connectivity index (χ2n) is 4.55. The Morgan fingerprint density at radius 2 is 2.13 bits per heavy atom. The van der Waals surface area contributed by atoms with E-state index in [4.69, 9.17) is 0 Å². The van der Waals surface area contributed by atoms with Crippen molar-refractivity contribution < 1.29 is 0 Å². The summed E-state index contributed by atoms with van der Waals surface area (Å²) in [4.78, 5) is 2.60. The highest BCUT2D eigenvalue weighted by Gasteiger charge is 2.36. The Balaban J connectivity index is 1.68. The lowest BCUT2D eigenvalue weighted by Crippen LogP contribution is -2.42. The maximum atomic E-state index is 3.53. The molecular weight excluding hydrogens is 252 g/mol. The molecule has 2 atom stereocenters. The molecule has 1 aromatic carbocycles. The number of fused-ring (bicyclic) bond motifs is 2. The van der Waals surface area contributed by atoms with Gasteiger partial charge in [-0.05, 0) is 24.1 Å². The van der Waals surface area contributed by atoms with Gasteiger partial charge in [0.05, 0.1) is 0 Å². The fourth-order valence-electron chi connectivity index (χ4n) is 2.67. The molecule has 0 saturated carbocycles. The SMILES string of the molecule is Brc1ccc(CN2C[C@H]3C[C@@H]2CN3)cc1. The largest absolute Gasteiger partial charge is 0.311 e. The smallest absolute Gasteiger partial charge is 0.0240 e. The van der Waals surface area contributed by atoms with Crippen LogP contribution in [0.4, 0.5) is 0 Å². The molecule has 0 unspecified atom stereocenters. The maximum Gasteiger partial charge on any atom is 0.0240 e. The fraction of sp³-hybridized carbons (Fsp3) is 0.500. The van der Waals surface area contributed by atoms with Crippen LogP contribution in [0.2, 0.25) is 0 Å². The number of nitrogens with zero attached hydrogens (tertiary/aromatic N) is 1. The van der Waals surface area contributed by atoms with E-state index in [1.165, 1.54) is 25.1 Å². The fourth-order valence-corrected chi connectivity index (χ4v) is 2.93. The molecule has 0 radical (unpaired) electrons. The van der Waals surface area contributed by atoms with Gasteiger partial charge in [-0.15, -0.1) is 0 Å². The van der Waals surface area contributed by atoms with E-state index in [2.05, 4.69) is 50.4 Å². The Kier molecular flexibility index (Phi) is 2.54. The van der Waals surface area contributed by atoms with Gasteiger partial charge in [-0.3, -0.25) is 4.90 Å². The first-order valence-electron chi connectivity index (χ1n) is 5.53. The summed E-state index contributed by atoms with van der Waals surface area (Å²) in [6.07, 6.45) is 1.34. The highest BCUT2D eigenvalue weighted by Crippen LogP contribution is 2.25. The number of piperazine rings is 1. The molecule has 2 nitrogen and oxygen atoms in total. The summed E-state index contributed by atoms with van der Waals surface area (Å²) in [6.45, 7) is 3.51. The number of halogens is 1. The molecule has 2 aliphatic rings. The van der Waals surface area contributed by atoms with Crippen molar-refractivity contribution in [1.82, 2.24) is 10.2 Å². The lowest BCUT2D eigenvalue weighted by molar-refractivity contribution is 0.218. The summed E-state index contributed by atoms with van der Waals surface area (Å²) in [5.41, 5.74) is 1.42. The van der Waals surface area contributed by atoms with Crippen molar-refractivity contribution in [3.63, 3.8) is 0 Å². The second-order valence-corrected chi connectivity index (χ2v) is 5.47. The predicted molar refractivity (Wildman–Crippen MR) is 64.7 cm³/mol. The van der Waals surface area contributed by atoms with Crippen LogP contribution in [0.15, 0.2) is 28.7 Å². The summed E-state index contributed by atoms with van der Waals surface area (Å²) in [6, 6.07) is 10.2. The molecule has 2 fully saturated rings. The van der Waals surface area contributed by atoms with E-state index in [0.717, 1.165) is 23.1 Å². The Morgan fingerprint density at radius 3 is 2.73 bits per heavy atom. The van der Waals surface area contributed by atoms with E-state index in [-0.39, 0.29) is 0 Å². The van der Waals surface area contributed by atoms with E-state index in [1.54, 1.807) is 0 Å². The molecule has 3 rings (SSSR count). The number of hydrogen-bond acceptors (Lipinski definition) is 2. The van der Waals surface area contributed by atoms with Crippen molar-refractivity contribution in [2.45, 2.75) is 25.0 Å². The molecule has 0 spiro atoms. The number of benzene rings is 1. The van der Waals surface area contributed by atoms with Crippen LogP contribution in [-0.4, -0.2) is 30.1 Å². The van der Waals surface area contributed by atoms with Crippen LogP contribution < -0.4 is 5.32 Å². The molecule has 2 bridgehead atoms. The van der Waals surface area contributed by atoms with Crippen LogP contribution in [0, 0.1) is 0 Å². The first kappa shape index (κ1) is 9.82. The van der Waals surface area contributed by atoms with Gasteiger partial charge in [-0.2, -0.15) is 0 Å². The highest BCUT2D eigenvalue weighted by atomic mass is 79.9. The first-order valence-corrected chi connectivity index (χ1v) is 6.32. The van der Waals surface area contributed by atoms with Crippen molar-refractivity contribution in [2.75, 3.05) is 13.1 Å². The van der Waals surface area contributed by atoms with Crippen LogP contribution in [0.1, 0.15) is 12.0 Å². The minimum Gasteiger partial charge on any atom is -0.311 e. The quantitative estimate of drug-likeness (QED) is 0.881. The highest BCUT2D eigenvalue weighted by molar-refractivity contribution is 9.10. The van der Waals surface area contributed by atoms with Gasteiger partial charge < -0.3 is 5.32 Å². The Hall–Kier alpha value is -0.380. The summed E-state index contributed by atoms with van der Waals surface area (Å²) in [7, 11) is 0. The molecule has 0 amide bonds. The molecule has 80 valence electrons. The molecule has 1 N–H and O–H groups in total. The van der Waals surface area contributed by atoms with Crippen molar-refractivity contribution in [2.24, 2.45) is 0 Å². The zero-order valence-corrected chi connectivity index (χ0v) is 10.2. The van der Waals surface area contributed by atoms with Crippen molar-refractivity contribution in [3.05, 3.63) is 34.3 Å². The van der Waals surface area contributed by atoms with Crippen molar-refractivity contribution in [3.8, 4) is 0 Å². The second kappa shape index (κ2) is 3.89. The van der Waals surface area contributed by atoms with Crippen LogP contribution in [0.25, 0.3) is 0 Å².